The lowest BCUT2D eigenvalue weighted by Gasteiger charge is -2.09. The summed E-state index contributed by atoms with van der Waals surface area (Å²) in [4.78, 5) is 16.0. The van der Waals surface area contributed by atoms with Crippen LogP contribution in [0.15, 0.2) is 36.7 Å². The SMILES string of the molecule is COC(=O)c1ccn2c(C#N)c(-c3c(-c4cn(C)nc4F)ccc(F)c3F)nc2c1. The molecule has 0 saturated carbocycles. The summed E-state index contributed by atoms with van der Waals surface area (Å²) in [6.45, 7) is 0. The normalized spacial score (nSPS) is 10.9. The summed E-state index contributed by atoms with van der Waals surface area (Å²) in [5.74, 6) is -3.99. The number of methoxy groups -OCH3 is 1. The molecular weight excluding hydrogens is 399 g/mol. The third kappa shape index (κ3) is 2.88. The number of pyridine rings is 1. The van der Waals surface area contributed by atoms with E-state index in [2.05, 4.69) is 14.8 Å². The van der Waals surface area contributed by atoms with Gasteiger partial charge in [-0.15, -0.1) is 5.10 Å². The van der Waals surface area contributed by atoms with Crippen molar-refractivity contribution in [2.45, 2.75) is 0 Å². The van der Waals surface area contributed by atoms with Crippen LogP contribution in [0, 0.1) is 28.9 Å². The maximum atomic E-state index is 14.9. The zero-order valence-electron chi connectivity index (χ0n) is 15.7. The second-order valence-electron chi connectivity index (χ2n) is 6.35. The average Bonchev–Trinajstić information content (AvgIpc) is 3.27. The summed E-state index contributed by atoms with van der Waals surface area (Å²) < 4.78 is 50.5. The Bertz CT molecular complexity index is 1370. The fourth-order valence-electron chi connectivity index (χ4n) is 3.22. The third-order valence-electron chi connectivity index (χ3n) is 4.56. The van der Waals surface area contributed by atoms with E-state index >= 15 is 0 Å². The van der Waals surface area contributed by atoms with Gasteiger partial charge in [0.1, 0.15) is 17.4 Å². The maximum Gasteiger partial charge on any atom is 0.338 e. The Morgan fingerprint density at radius 1 is 1.20 bits per heavy atom. The van der Waals surface area contributed by atoms with Crippen LogP contribution < -0.4 is 0 Å². The highest BCUT2D eigenvalue weighted by atomic mass is 19.2. The minimum atomic E-state index is -1.29. The largest absolute Gasteiger partial charge is 0.465 e. The summed E-state index contributed by atoms with van der Waals surface area (Å²) in [5, 5.41) is 13.3. The predicted octanol–water partition coefficient (Wildman–Crippen LogP) is 3.48. The molecule has 1 aromatic carbocycles. The van der Waals surface area contributed by atoms with Crippen molar-refractivity contribution in [2.24, 2.45) is 7.05 Å². The Hall–Kier alpha value is -4.13. The van der Waals surface area contributed by atoms with Gasteiger partial charge in [0.15, 0.2) is 17.3 Å². The van der Waals surface area contributed by atoms with Crippen LogP contribution in [-0.2, 0) is 11.8 Å². The molecule has 0 N–H and O–H groups in total. The number of carbonyl (C=O) groups is 1. The molecule has 0 saturated heterocycles. The van der Waals surface area contributed by atoms with E-state index in [0.717, 1.165) is 6.07 Å². The number of esters is 1. The number of carbonyl (C=O) groups excluding carboxylic acids is 1. The molecule has 10 heteroatoms. The third-order valence-corrected chi connectivity index (χ3v) is 4.56. The minimum Gasteiger partial charge on any atom is -0.465 e. The molecule has 0 amide bonds. The van der Waals surface area contributed by atoms with E-state index in [1.54, 1.807) is 0 Å². The molecule has 4 aromatic rings. The number of nitriles is 1. The molecule has 150 valence electrons. The van der Waals surface area contributed by atoms with Gasteiger partial charge in [0.05, 0.1) is 23.8 Å². The van der Waals surface area contributed by atoms with Gasteiger partial charge in [-0.05, 0) is 18.2 Å². The number of benzene rings is 1. The summed E-state index contributed by atoms with van der Waals surface area (Å²) in [5.41, 5.74) is -0.516. The number of hydrogen-bond acceptors (Lipinski definition) is 5. The molecule has 0 unspecified atom stereocenters. The van der Waals surface area contributed by atoms with Gasteiger partial charge >= 0.3 is 5.97 Å². The molecule has 0 spiro atoms. The van der Waals surface area contributed by atoms with Crippen molar-refractivity contribution >= 4 is 11.6 Å². The predicted molar refractivity (Wildman–Crippen MR) is 98.8 cm³/mol. The minimum absolute atomic E-state index is 0.0207. The number of ether oxygens (including phenoxy) is 1. The molecule has 0 fully saturated rings. The van der Waals surface area contributed by atoms with Crippen LogP contribution in [0.5, 0.6) is 0 Å². The molecule has 3 heterocycles. The second-order valence-corrected chi connectivity index (χ2v) is 6.35. The van der Waals surface area contributed by atoms with Gasteiger partial charge in [-0.2, -0.15) is 9.65 Å². The summed E-state index contributed by atoms with van der Waals surface area (Å²) >= 11 is 0. The van der Waals surface area contributed by atoms with Crippen LogP contribution in [0.1, 0.15) is 16.1 Å². The fourth-order valence-corrected chi connectivity index (χ4v) is 3.22. The molecule has 0 bridgehead atoms. The highest BCUT2D eigenvalue weighted by molar-refractivity contribution is 5.91. The van der Waals surface area contributed by atoms with Crippen LogP contribution in [-0.4, -0.2) is 32.2 Å². The van der Waals surface area contributed by atoms with E-state index in [9.17, 15) is 23.2 Å². The lowest BCUT2D eigenvalue weighted by molar-refractivity contribution is 0.0600. The zero-order valence-corrected chi connectivity index (χ0v) is 15.7. The van der Waals surface area contributed by atoms with Crippen LogP contribution in [0.2, 0.25) is 0 Å². The fraction of sp³-hybridized carbons (Fsp3) is 0.100. The zero-order chi connectivity index (χ0) is 21.6. The first-order valence-corrected chi connectivity index (χ1v) is 8.54. The van der Waals surface area contributed by atoms with Crippen LogP contribution >= 0.6 is 0 Å². The Morgan fingerprint density at radius 3 is 2.60 bits per heavy atom. The Kier molecular flexibility index (Phi) is 4.50. The van der Waals surface area contributed by atoms with Crippen molar-refractivity contribution in [3.05, 3.63) is 65.5 Å². The smallest absolute Gasteiger partial charge is 0.338 e. The topological polar surface area (TPSA) is 85.2 Å². The summed E-state index contributed by atoms with van der Waals surface area (Å²) in [6.07, 6.45) is 2.70. The molecule has 30 heavy (non-hydrogen) atoms. The number of imidazole rings is 1. The number of rotatable bonds is 3. The Morgan fingerprint density at radius 2 is 1.97 bits per heavy atom. The first-order valence-electron chi connectivity index (χ1n) is 8.54. The lowest BCUT2D eigenvalue weighted by Crippen LogP contribution is -2.02. The van der Waals surface area contributed by atoms with Gasteiger partial charge in [0.25, 0.3) is 0 Å². The first-order chi connectivity index (χ1) is 14.3. The highest BCUT2D eigenvalue weighted by Crippen LogP contribution is 2.37. The van der Waals surface area contributed by atoms with Gasteiger partial charge in [-0.1, -0.05) is 6.07 Å². The number of aromatic nitrogens is 4. The Balaban J connectivity index is 2.05. The molecule has 0 radical (unpaired) electrons. The van der Waals surface area contributed by atoms with E-state index in [0.29, 0.717) is 0 Å². The maximum absolute atomic E-state index is 14.9. The highest BCUT2D eigenvalue weighted by Gasteiger charge is 2.26. The van der Waals surface area contributed by atoms with Gasteiger partial charge in [0, 0.05) is 25.0 Å². The van der Waals surface area contributed by atoms with Crippen LogP contribution in [0.25, 0.3) is 28.0 Å². The number of fused-ring (bicyclic) bond motifs is 1. The average molecular weight is 411 g/mol. The van der Waals surface area contributed by atoms with E-state index in [-0.39, 0.29) is 39.3 Å². The number of hydrogen-bond donors (Lipinski definition) is 0. The summed E-state index contributed by atoms with van der Waals surface area (Å²) in [7, 11) is 2.69. The van der Waals surface area contributed by atoms with E-state index < -0.39 is 23.6 Å². The van der Waals surface area contributed by atoms with Crippen molar-refractivity contribution in [3.8, 4) is 28.5 Å². The number of halogens is 3. The van der Waals surface area contributed by atoms with Crippen molar-refractivity contribution < 1.29 is 22.7 Å². The molecule has 0 atom stereocenters. The van der Waals surface area contributed by atoms with Gasteiger partial charge < -0.3 is 4.74 Å². The van der Waals surface area contributed by atoms with E-state index in [1.165, 1.54) is 53.8 Å². The molecule has 0 aliphatic heterocycles. The molecule has 7 nitrogen and oxygen atoms in total. The van der Waals surface area contributed by atoms with Crippen molar-refractivity contribution in [2.75, 3.05) is 7.11 Å². The molecule has 0 aliphatic rings. The summed E-state index contributed by atoms with van der Waals surface area (Å²) in [6, 6.07) is 6.70. The van der Waals surface area contributed by atoms with Crippen LogP contribution in [0.3, 0.4) is 0 Å². The molecule has 4 rings (SSSR count). The standard InChI is InChI=1S/C20H12F3N5O2/c1-27-9-12(19(23)26-27)11-3-4-13(21)17(22)16(11)18-14(8-24)28-6-5-10(20(29)30-2)7-15(28)25-18/h3-7,9H,1-2H3. The quantitative estimate of drug-likeness (QED) is 0.482. The monoisotopic (exact) mass is 411 g/mol. The van der Waals surface area contributed by atoms with Crippen molar-refractivity contribution in [3.63, 3.8) is 0 Å². The van der Waals surface area contributed by atoms with Gasteiger partial charge in [-0.25, -0.2) is 18.6 Å². The Labute approximate surface area is 167 Å². The number of nitrogens with zero attached hydrogens (tertiary/aromatic N) is 5. The second kappa shape index (κ2) is 7.04. The molecule has 3 aromatic heterocycles. The van der Waals surface area contributed by atoms with Crippen molar-refractivity contribution in [1.29, 1.82) is 5.26 Å². The molecular formula is C20H12F3N5O2. The van der Waals surface area contributed by atoms with E-state index in [4.69, 9.17) is 0 Å². The molecule has 0 aliphatic carbocycles. The van der Waals surface area contributed by atoms with Crippen molar-refractivity contribution in [1.82, 2.24) is 19.2 Å². The van der Waals surface area contributed by atoms with Crippen LogP contribution in [0.4, 0.5) is 13.2 Å². The number of aryl methyl sites for hydroxylation is 1. The van der Waals surface area contributed by atoms with E-state index in [1.807, 2.05) is 6.07 Å². The van der Waals surface area contributed by atoms with Gasteiger partial charge in [0.2, 0.25) is 5.95 Å². The first kappa shape index (κ1) is 19.2. The lowest BCUT2D eigenvalue weighted by atomic mass is 9.98. The van der Waals surface area contributed by atoms with Gasteiger partial charge in [-0.3, -0.25) is 9.08 Å².